The summed E-state index contributed by atoms with van der Waals surface area (Å²) in [5, 5.41) is 5.46. The van der Waals surface area contributed by atoms with Crippen LogP contribution in [0.1, 0.15) is 89.0 Å². The van der Waals surface area contributed by atoms with Crippen molar-refractivity contribution in [2.45, 2.75) is 103 Å². The average Bonchev–Trinajstić information content (AvgIpc) is 3.48. The fourth-order valence-corrected chi connectivity index (χ4v) is 6.67. The molecule has 0 spiro atoms. The first-order chi connectivity index (χ1) is 27.0. The second kappa shape index (κ2) is 18.5. The van der Waals surface area contributed by atoms with E-state index < -0.39 is 46.7 Å². The Labute approximate surface area is 335 Å². The van der Waals surface area contributed by atoms with Crippen LogP contribution in [0.25, 0.3) is 11.1 Å². The normalized spacial score (nSPS) is 13.9. The predicted octanol–water partition coefficient (Wildman–Crippen LogP) is 7.38. The molecule has 302 valence electrons. The van der Waals surface area contributed by atoms with Crippen LogP contribution < -0.4 is 21.1 Å². The van der Waals surface area contributed by atoms with Crippen LogP contribution in [-0.2, 0) is 41.6 Å². The van der Waals surface area contributed by atoms with Crippen LogP contribution in [0.3, 0.4) is 0 Å². The summed E-state index contributed by atoms with van der Waals surface area (Å²) in [5.74, 6) is -2.16. The van der Waals surface area contributed by atoms with Gasteiger partial charge in [-0.3, -0.25) is 4.79 Å². The Morgan fingerprint density at radius 1 is 0.702 bits per heavy atom. The van der Waals surface area contributed by atoms with Crippen molar-refractivity contribution in [3.8, 4) is 16.9 Å². The quantitative estimate of drug-likeness (QED) is 0.0458. The molecule has 0 unspecified atom stereocenters. The van der Waals surface area contributed by atoms with E-state index in [1.165, 1.54) is 0 Å². The Hall–Kier alpha value is -5.68. The van der Waals surface area contributed by atoms with Gasteiger partial charge in [-0.05, 0) is 106 Å². The van der Waals surface area contributed by atoms with Gasteiger partial charge in [0.1, 0.15) is 36.2 Å². The van der Waals surface area contributed by atoms with Crippen LogP contribution >= 0.6 is 0 Å². The summed E-state index contributed by atoms with van der Waals surface area (Å²) in [6.45, 7) is 11.3. The van der Waals surface area contributed by atoms with Crippen LogP contribution in [0.5, 0.6) is 5.75 Å². The molecule has 2 amide bonds. The molecule has 2 atom stereocenters. The molecule has 0 saturated carbocycles. The lowest BCUT2D eigenvalue weighted by Crippen LogP contribution is -2.64. The number of hydrogen-bond donors (Lipinski definition) is 3. The number of ether oxygens (including phenoxy) is 4. The molecular formula is C46H55N3O8. The van der Waals surface area contributed by atoms with Gasteiger partial charge in [-0.2, -0.15) is 0 Å². The van der Waals surface area contributed by atoms with E-state index in [1.807, 2.05) is 99.6 Å². The smallest absolute Gasteiger partial charge is 0.407 e. The van der Waals surface area contributed by atoms with E-state index in [9.17, 15) is 19.2 Å². The van der Waals surface area contributed by atoms with Crippen LogP contribution in [0, 0.1) is 0 Å². The third-order valence-electron chi connectivity index (χ3n) is 9.35. The van der Waals surface area contributed by atoms with Gasteiger partial charge in [0.05, 0.1) is 0 Å². The summed E-state index contributed by atoms with van der Waals surface area (Å²) in [7, 11) is 0. The molecule has 11 heteroatoms. The number of fused-ring (bicyclic) bond motifs is 3. The molecule has 4 N–H and O–H groups in total. The summed E-state index contributed by atoms with van der Waals surface area (Å²) < 4.78 is 22.9. The number of carbonyl (C=O) groups excluding carboxylic acids is 4. The van der Waals surface area contributed by atoms with Gasteiger partial charge in [0.15, 0.2) is 5.54 Å². The first kappa shape index (κ1) is 42.5. The number of rotatable bonds is 16. The fraction of sp³-hybridized carbons (Fsp3) is 0.391. The summed E-state index contributed by atoms with van der Waals surface area (Å²) in [6.07, 6.45) is 0.259. The summed E-state index contributed by atoms with van der Waals surface area (Å²) >= 11 is 0. The van der Waals surface area contributed by atoms with Crippen molar-refractivity contribution in [1.29, 1.82) is 0 Å². The predicted molar refractivity (Wildman–Crippen MR) is 218 cm³/mol. The molecule has 0 aromatic heterocycles. The summed E-state index contributed by atoms with van der Waals surface area (Å²) in [4.78, 5) is 54.5. The fourth-order valence-electron chi connectivity index (χ4n) is 6.67. The van der Waals surface area contributed by atoms with E-state index in [4.69, 9.17) is 24.7 Å². The van der Waals surface area contributed by atoms with Gasteiger partial charge in [-0.1, -0.05) is 91.0 Å². The molecular weight excluding hydrogens is 723 g/mol. The van der Waals surface area contributed by atoms with Gasteiger partial charge in [-0.15, -0.1) is 0 Å². The van der Waals surface area contributed by atoms with Crippen LogP contribution in [0.2, 0.25) is 0 Å². The van der Waals surface area contributed by atoms with Crippen molar-refractivity contribution in [3.05, 3.63) is 125 Å². The first-order valence-corrected chi connectivity index (χ1v) is 19.4. The highest BCUT2D eigenvalue weighted by Gasteiger charge is 2.46. The van der Waals surface area contributed by atoms with Crippen molar-refractivity contribution < 1.29 is 38.1 Å². The Kier molecular flexibility index (Phi) is 13.8. The number of alkyl carbamates (subject to hydrolysis) is 1. The average molecular weight is 778 g/mol. The lowest BCUT2D eigenvalue weighted by atomic mass is 9.90. The molecule has 5 rings (SSSR count). The minimum atomic E-state index is -2.24. The number of carbonyl (C=O) groups is 4. The zero-order chi connectivity index (χ0) is 41.2. The highest BCUT2D eigenvalue weighted by atomic mass is 16.6. The summed E-state index contributed by atoms with van der Waals surface area (Å²) in [5.41, 5.74) is 9.04. The van der Waals surface area contributed by atoms with E-state index in [1.54, 1.807) is 45.0 Å². The molecule has 0 radical (unpaired) electrons. The highest BCUT2D eigenvalue weighted by Crippen LogP contribution is 2.44. The third kappa shape index (κ3) is 11.9. The number of amides is 2. The van der Waals surface area contributed by atoms with Gasteiger partial charge < -0.3 is 35.3 Å². The van der Waals surface area contributed by atoms with E-state index >= 15 is 0 Å². The highest BCUT2D eigenvalue weighted by molar-refractivity contribution is 6.08. The van der Waals surface area contributed by atoms with Crippen molar-refractivity contribution in [1.82, 2.24) is 10.6 Å². The number of benzene rings is 4. The molecule has 4 aromatic carbocycles. The summed E-state index contributed by atoms with van der Waals surface area (Å²) in [6, 6.07) is 30.9. The maximum atomic E-state index is 14.4. The van der Waals surface area contributed by atoms with Gasteiger partial charge in [-0.25, -0.2) is 14.4 Å². The van der Waals surface area contributed by atoms with Crippen molar-refractivity contribution in [2.75, 3.05) is 13.2 Å². The number of nitrogens with two attached hydrogens (primary N) is 1. The van der Waals surface area contributed by atoms with Crippen molar-refractivity contribution >= 4 is 23.9 Å². The Morgan fingerprint density at radius 2 is 1.30 bits per heavy atom. The van der Waals surface area contributed by atoms with Gasteiger partial charge >= 0.3 is 18.0 Å². The number of hydrogen-bond acceptors (Lipinski definition) is 9. The third-order valence-corrected chi connectivity index (χ3v) is 9.35. The van der Waals surface area contributed by atoms with Gasteiger partial charge in [0.25, 0.3) is 5.91 Å². The molecule has 0 saturated heterocycles. The van der Waals surface area contributed by atoms with Gasteiger partial charge in [0, 0.05) is 18.9 Å². The van der Waals surface area contributed by atoms with E-state index in [0.29, 0.717) is 24.2 Å². The monoisotopic (exact) mass is 777 g/mol. The second-order valence-corrected chi connectivity index (χ2v) is 16.4. The number of esters is 2. The van der Waals surface area contributed by atoms with Crippen LogP contribution in [0.4, 0.5) is 4.79 Å². The van der Waals surface area contributed by atoms with E-state index in [2.05, 4.69) is 10.6 Å². The van der Waals surface area contributed by atoms with Crippen molar-refractivity contribution in [3.63, 3.8) is 0 Å². The lowest BCUT2D eigenvalue weighted by Gasteiger charge is -2.29. The molecule has 4 aromatic rings. The Balaban J connectivity index is 1.36. The Morgan fingerprint density at radius 3 is 1.89 bits per heavy atom. The van der Waals surface area contributed by atoms with Crippen LogP contribution in [-0.4, -0.2) is 59.9 Å². The Bertz CT molecular complexity index is 1960. The molecule has 0 fully saturated rings. The first-order valence-electron chi connectivity index (χ1n) is 19.4. The van der Waals surface area contributed by atoms with Gasteiger partial charge in [0.2, 0.25) is 0 Å². The zero-order valence-corrected chi connectivity index (χ0v) is 33.8. The van der Waals surface area contributed by atoms with Crippen LogP contribution in [0.15, 0.2) is 103 Å². The van der Waals surface area contributed by atoms with E-state index in [0.717, 1.165) is 27.8 Å². The maximum absolute atomic E-state index is 14.4. The number of unbranched alkanes of at least 4 members (excludes halogenated alkanes) is 1. The molecule has 11 nitrogen and oxygen atoms in total. The van der Waals surface area contributed by atoms with E-state index in [-0.39, 0.29) is 38.5 Å². The van der Waals surface area contributed by atoms with Crippen molar-refractivity contribution in [2.24, 2.45) is 5.73 Å². The maximum Gasteiger partial charge on any atom is 0.407 e. The SMILES string of the molecule is CC(C)(C)OC(=O)NCCCC[C@H](NC(=O)[C@@](N)(Cc1ccc(OC(C)(C)C)cc1)C(=O)OCC1c2ccccc2-c2ccccc21)C(=O)OCc1ccccc1. The molecule has 0 aliphatic heterocycles. The standard InChI is InChI=1S/C46H55N3O8/c1-44(2,3)56-33-25-23-31(24-26-33)28-46(47,42(52)55-30-38-36-20-12-10-18-34(36)35-19-11-13-21-37(35)38)41(51)49-39(40(50)54-29-32-16-8-7-9-17-32)22-14-15-27-48-43(53)57-45(4,5)6/h7-13,16-21,23-26,38-39H,14-15,22,27-30,47H2,1-6H3,(H,48,53)(H,49,51)/t39-,46-/m0/s1. The zero-order valence-electron chi connectivity index (χ0n) is 33.8. The molecule has 0 bridgehead atoms. The number of nitrogens with one attached hydrogen (secondary N) is 2. The molecule has 57 heavy (non-hydrogen) atoms. The lowest BCUT2D eigenvalue weighted by molar-refractivity contribution is -0.157. The largest absolute Gasteiger partial charge is 0.488 e. The topological polar surface area (TPSA) is 155 Å². The molecule has 0 heterocycles. The second-order valence-electron chi connectivity index (χ2n) is 16.4. The minimum Gasteiger partial charge on any atom is -0.488 e. The molecule has 1 aliphatic rings. The molecule has 1 aliphatic carbocycles. The minimum absolute atomic E-state index is 0.0185.